The van der Waals surface area contributed by atoms with E-state index in [1.807, 2.05) is 103 Å². The maximum atomic E-state index is 9.43. The summed E-state index contributed by atoms with van der Waals surface area (Å²) >= 11 is 0. The molecule has 0 heterocycles. The molecule has 4 aromatic carbocycles. The van der Waals surface area contributed by atoms with E-state index >= 15 is 0 Å². The lowest BCUT2D eigenvalue weighted by Gasteiger charge is -2.32. The second-order valence-electron chi connectivity index (χ2n) is 15.7. The number of rotatable bonds is 12. The normalized spacial score (nSPS) is 16.3. The molecule has 0 amide bonds. The largest absolute Gasteiger partial charge is 0.454 e. The van der Waals surface area contributed by atoms with Gasteiger partial charge in [-0.15, -0.1) is 0 Å². The Hall–Kier alpha value is -4.90. The van der Waals surface area contributed by atoms with Gasteiger partial charge >= 0.3 is 0 Å². The molecule has 9 N–H and O–H groups in total. The van der Waals surface area contributed by atoms with E-state index in [2.05, 4.69) is 65.2 Å². The maximum Gasteiger partial charge on any atom is 0.214 e. The summed E-state index contributed by atoms with van der Waals surface area (Å²) in [6.45, 7) is 13.5. The number of ether oxygens (including phenoxy) is 2. The molecule has 0 spiro atoms. The molecule has 4 unspecified atom stereocenters. The van der Waals surface area contributed by atoms with Crippen LogP contribution in [0.3, 0.4) is 0 Å². The number of hydrogen-bond acceptors (Lipinski definition) is 8. The first kappa shape index (κ1) is 39.3. The topological polar surface area (TPSA) is 159 Å². The molecule has 0 aromatic heterocycles. The Morgan fingerprint density at radius 3 is 2.13 bits per heavy atom. The van der Waals surface area contributed by atoms with Gasteiger partial charge in [0.1, 0.15) is 18.2 Å². The molecule has 9 heteroatoms. The number of benzene rings is 4. The fraction of sp³-hybridized carbons (Fsp3) is 0.318. The highest BCUT2D eigenvalue weighted by atomic mass is 16.5. The van der Waals surface area contributed by atoms with Gasteiger partial charge in [-0.1, -0.05) is 145 Å². The molecule has 1 aliphatic carbocycles. The van der Waals surface area contributed by atoms with E-state index in [1.54, 1.807) is 4.90 Å². The molecular formula is C44H55N7O2. The van der Waals surface area contributed by atoms with Gasteiger partial charge in [0.05, 0.1) is 6.61 Å². The summed E-state index contributed by atoms with van der Waals surface area (Å²) in [6, 6.07) is 33.1. The predicted molar refractivity (Wildman–Crippen MR) is 216 cm³/mol. The molecule has 4 aromatic rings. The monoisotopic (exact) mass is 713 g/mol. The van der Waals surface area contributed by atoms with E-state index in [1.165, 1.54) is 5.56 Å². The summed E-state index contributed by atoms with van der Waals surface area (Å²) in [7, 11) is 0. The minimum absolute atomic E-state index is 0.0189. The van der Waals surface area contributed by atoms with E-state index in [0.29, 0.717) is 22.6 Å². The molecule has 0 saturated heterocycles. The van der Waals surface area contributed by atoms with Crippen LogP contribution in [0, 0.1) is 22.2 Å². The van der Waals surface area contributed by atoms with E-state index in [0.717, 1.165) is 28.8 Å². The number of amidine groups is 1. The quantitative estimate of drug-likeness (QED) is 0.0282. The molecule has 0 saturated carbocycles. The number of nitrogens with zero attached hydrogens (tertiary/aromatic N) is 1. The Labute approximate surface area is 314 Å². The maximum absolute atomic E-state index is 9.43. The van der Waals surface area contributed by atoms with Gasteiger partial charge in [0.15, 0.2) is 6.23 Å². The van der Waals surface area contributed by atoms with Crippen molar-refractivity contribution in [3.63, 3.8) is 0 Å². The zero-order valence-electron chi connectivity index (χ0n) is 31.8. The fourth-order valence-corrected chi connectivity index (χ4v) is 6.31. The standard InChI is InChI=1S/C44H55N7O2/c1-43(2,3)35-22-18-30(19-23-35)40(47)53-41(48)34-15-11-14-33(27-34)39(46)51(37-16-8-7-9-17-37)38(45)32-13-10-12-29(26-32)28-52-42(50-49)31-20-24-36(25-21-31)44(4,5)6/h7-22,24-27,35,38,41-42,46-47,50H,23,28,45,48-49H2,1-6H3. The molecule has 0 aliphatic heterocycles. The molecule has 0 bridgehead atoms. The smallest absolute Gasteiger partial charge is 0.214 e. The number of hydrogen-bond donors (Lipinski definition) is 6. The molecule has 1 aliphatic rings. The zero-order valence-corrected chi connectivity index (χ0v) is 31.8. The highest BCUT2D eigenvalue weighted by molar-refractivity contribution is 6.08. The first-order valence-electron chi connectivity index (χ1n) is 18.1. The molecule has 0 radical (unpaired) electrons. The third-order valence-corrected chi connectivity index (χ3v) is 9.70. The van der Waals surface area contributed by atoms with Crippen LogP contribution in [0.2, 0.25) is 0 Å². The van der Waals surface area contributed by atoms with Crippen molar-refractivity contribution in [1.29, 1.82) is 10.8 Å². The number of nitrogens with two attached hydrogens (primary N) is 3. The van der Waals surface area contributed by atoms with E-state index in [-0.39, 0.29) is 29.2 Å². The number of allylic oxidation sites excluding steroid dienone is 2. The molecule has 0 fully saturated rings. The summed E-state index contributed by atoms with van der Waals surface area (Å²) in [5, 5.41) is 18.0. The Morgan fingerprint density at radius 1 is 0.830 bits per heavy atom. The minimum atomic E-state index is -0.899. The van der Waals surface area contributed by atoms with Crippen molar-refractivity contribution in [3.05, 3.63) is 160 Å². The van der Waals surface area contributed by atoms with Crippen LogP contribution in [0.4, 0.5) is 5.69 Å². The second kappa shape index (κ2) is 16.8. The van der Waals surface area contributed by atoms with Crippen LogP contribution in [0.25, 0.3) is 0 Å². The Kier molecular flexibility index (Phi) is 12.5. The molecule has 9 nitrogen and oxygen atoms in total. The lowest BCUT2D eigenvalue weighted by molar-refractivity contribution is 0.0161. The van der Waals surface area contributed by atoms with Crippen LogP contribution in [0.1, 0.15) is 100.0 Å². The van der Waals surface area contributed by atoms with Gasteiger partial charge in [-0.2, -0.15) is 0 Å². The summed E-state index contributed by atoms with van der Waals surface area (Å²) in [5.41, 5.74) is 23.1. The van der Waals surface area contributed by atoms with Gasteiger partial charge in [-0.25, -0.2) is 5.43 Å². The van der Waals surface area contributed by atoms with Crippen molar-refractivity contribution in [1.82, 2.24) is 5.43 Å². The Morgan fingerprint density at radius 2 is 1.51 bits per heavy atom. The summed E-state index contributed by atoms with van der Waals surface area (Å²) in [5.74, 6) is 6.51. The Balaban J connectivity index is 1.32. The number of nitrogens with one attached hydrogen (secondary N) is 3. The van der Waals surface area contributed by atoms with Gasteiger partial charge in [0.25, 0.3) is 0 Å². The third-order valence-electron chi connectivity index (χ3n) is 9.70. The van der Waals surface area contributed by atoms with Crippen molar-refractivity contribution in [2.24, 2.45) is 28.6 Å². The first-order valence-corrected chi connectivity index (χ1v) is 18.1. The molecule has 278 valence electrons. The van der Waals surface area contributed by atoms with Crippen LogP contribution in [0.15, 0.2) is 127 Å². The Bertz CT molecular complexity index is 1920. The lowest BCUT2D eigenvalue weighted by Crippen LogP contribution is -2.40. The van der Waals surface area contributed by atoms with Gasteiger partial charge in [-0.05, 0) is 63.6 Å². The van der Waals surface area contributed by atoms with Gasteiger partial charge in [-0.3, -0.25) is 22.4 Å². The molecular weight excluding hydrogens is 659 g/mol. The molecule has 5 rings (SSSR count). The molecule has 4 atom stereocenters. The fourth-order valence-electron chi connectivity index (χ4n) is 6.31. The van der Waals surface area contributed by atoms with Crippen molar-refractivity contribution in [2.45, 2.75) is 78.6 Å². The first-order chi connectivity index (χ1) is 25.2. The van der Waals surface area contributed by atoms with Crippen molar-refractivity contribution >= 4 is 17.4 Å². The average molecular weight is 714 g/mol. The highest BCUT2D eigenvalue weighted by Crippen LogP contribution is 2.34. The van der Waals surface area contributed by atoms with Gasteiger partial charge < -0.3 is 20.1 Å². The minimum Gasteiger partial charge on any atom is -0.454 e. The summed E-state index contributed by atoms with van der Waals surface area (Å²) in [4.78, 5) is 1.79. The molecule has 53 heavy (non-hydrogen) atoms. The van der Waals surface area contributed by atoms with E-state index < -0.39 is 18.6 Å². The SMILES string of the molecule is CC(C)(C)c1ccc(C(NN)OCc2cccc(C(N)N(C(=N)c3cccc(C(N)OC(=N)C4=CCC(C(C)(C)C)C=C4)c3)c3ccccc3)c2)cc1. The summed E-state index contributed by atoms with van der Waals surface area (Å²) in [6.07, 6.45) is 4.86. The van der Waals surface area contributed by atoms with Crippen LogP contribution in [0.5, 0.6) is 0 Å². The number of para-hydroxylation sites is 1. The van der Waals surface area contributed by atoms with Crippen LogP contribution in [-0.4, -0.2) is 11.7 Å². The van der Waals surface area contributed by atoms with Crippen molar-refractivity contribution in [3.8, 4) is 0 Å². The zero-order chi connectivity index (χ0) is 38.3. The van der Waals surface area contributed by atoms with Gasteiger partial charge in [0, 0.05) is 22.4 Å². The lowest BCUT2D eigenvalue weighted by atomic mass is 9.76. The van der Waals surface area contributed by atoms with Gasteiger partial charge in [0.2, 0.25) is 5.90 Å². The van der Waals surface area contributed by atoms with Crippen molar-refractivity contribution < 1.29 is 9.47 Å². The van der Waals surface area contributed by atoms with E-state index in [4.69, 9.17) is 32.2 Å². The average Bonchev–Trinajstić information content (AvgIpc) is 3.15. The second-order valence-corrected chi connectivity index (χ2v) is 15.7. The number of hydrazine groups is 1. The van der Waals surface area contributed by atoms with Crippen LogP contribution >= 0.6 is 0 Å². The number of anilines is 1. The highest BCUT2D eigenvalue weighted by Gasteiger charge is 2.26. The van der Waals surface area contributed by atoms with Crippen molar-refractivity contribution in [2.75, 3.05) is 4.90 Å². The third kappa shape index (κ3) is 9.95. The van der Waals surface area contributed by atoms with Crippen LogP contribution < -0.4 is 27.6 Å². The van der Waals surface area contributed by atoms with Crippen LogP contribution in [-0.2, 0) is 21.5 Å². The summed E-state index contributed by atoms with van der Waals surface area (Å²) < 4.78 is 12.1. The van der Waals surface area contributed by atoms with E-state index in [9.17, 15) is 5.41 Å². The predicted octanol–water partition coefficient (Wildman–Crippen LogP) is 8.65.